The van der Waals surface area contributed by atoms with Crippen LogP contribution < -0.4 is 10.1 Å². The van der Waals surface area contributed by atoms with Gasteiger partial charge >= 0.3 is 0 Å². The molecule has 1 aromatic carbocycles. The number of carbonyl (C=O) groups is 2. The van der Waals surface area contributed by atoms with E-state index in [4.69, 9.17) is 4.74 Å². The van der Waals surface area contributed by atoms with Crippen LogP contribution in [0, 0.1) is 6.92 Å². The molecule has 0 aromatic heterocycles. The van der Waals surface area contributed by atoms with Crippen LogP contribution in [0.25, 0.3) is 0 Å². The van der Waals surface area contributed by atoms with Gasteiger partial charge in [0.2, 0.25) is 21.8 Å². The van der Waals surface area contributed by atoms with E-state index in [1.807, 2.05) is 0 Å². The highest BCUT2D eigenvalue weighted by atomic mass is 32.2. The first-order valence-electron chi connectivity index (χ1n) is 6.27. The summed E-state index contributed by atoms with van der Waals surface area (Å²) in [6.45, 7) is 2.78. The highest BCUT2D eigenvalue weighted by Gasteiger charge is 2.40. The second-order valence-electron chi connectivity index (χ2n) is 4.79. The molecule has 8 heteroatoms. The second-order valence-corrected chi connectivity index (χ2v) is 6.65. The molecule has 1 heterocycles. The zero-order valence-electron chi connectivity index (χ0n) is 11.9. The van der Waals surface area contributed by atoms with Gasteiger partial charge in [-0.3, -0.25) is 14.9 Å². The summed E-state index contributed by atoms with van der Waals surface area (Å²) >= 11 is 0. The summed E-state index contributed by atoms with van der Waals surface area (Å²) in [4.78, 5) is 23.0. The Kier molecular flexibility index (Phi) is 4.02. The van der Waals surface area contributed by atoms with Crippen LogP contribution in [0.5, 0.6) is 5.75 Å². The lowest BCUT2D eigenvalue weighted by molar-refractivity contribution is -0.136. The summed E-state index contributed by atoms with van der Waals surface area (Å²) in [5.74, 6) is -1.11. The maximum absolute atomic E-state index is 12.7. The monoisotopic (exact) mass is 312 g/mol. The minimum Gasteiger partial charge on any atom is -0.495 e. The molecule has 2 amide bonds. The predicted molar refractivity (Wildman–Crippen MR) is 74.2 cm³/mol. The molecule has 1 fully saturated rings. The smallest absolute Gasteiger partial charge is 0.247 e. The Morgan fingerprint density at radius 2 is 2.00 bits per heavy atom. The number of piperazine rings is 1. The fourth-order valence-corrected chi connectivity index (χ4v) is 3.89. The number of imide groups is 1. The number of nitrogens with one attached hydrogen (secondary N) is 1. The van der Waals surface area contributed by atoms with Gasteiger partial charge in [0.1, 0.15) is 16.7 Å². The van der Waals surface area contributed by atoms with Gasteiger partial charge in [0.25, 0.3) is 0 Å². The molecule has 21 heavy (non-hydrogen) atoms. The standard InChI is InChI=1S/C13H16N2O5S/c1-8-4-5-10(20-3)11(6-8)21(18,19)15-7-12(16)14-13(17)9(15)2/h4-6,9H,7H2,1-3H3,(H,14,16,17). The van der Waals surface area contributed by atoms with Crippen molar-refractivity contribution < 1.29 is 22.7 Å². The molecule has 2 rings (SSSR count). The molecule has 114 valence electrons. The fraction of sp³-hybridized carbons (Fsp3) is 0.385. The molecule has 1 saturated heterocycles. The quantitative estimate of drug-likeness (QED) is 0.796. The predicted octanol–water partition coefficient (Wildman–Crippen LogP) is 0.0392. The van der Waals surface area contributed by atoms with E-state index >= 15 is 0 Å². The summed E-state index contributed by atoms with van der Waals surface area (Å²) < 4.78 is 31.4. The zero-order valence-corrected chi connectivity index (χ0v) is 12.7. The summed E-state index contributed by atoms with van der Waals surface area (Å²) in [5, 5.41) is 2.11. The molecule has 1 aliphatic rings. The Labute approximate surface area is 122 Å². The first kappa shape index (κ1) is 15.5. The normalized spacial score (nSPS) is 20.2. The van der Waals surface area contributed by atoms with Gasteiger partial charge in [-0.15, -0.1) is 0 Å². The average Bonchev–Trinajstić information content (AvgIpc) is 2.42. The third-order valence-corrected chi connectivity index (χ3v) is 5.22. The number of methoxy groups -OCH3 is 1. The summed E-state index contributed by atoms with van der Waals surface area (Å²) in [6, 6.07) is 3.75. The molecular weight excluding hydrogens is 296 g/mol. The van der Waals surface area contributed by atoms with Crippen molar-refractivity contribution in [2.24, 2.45) is 0 Å². The van der Waals surface area contributed by atoms with Crippen molar-refractivity contribution in [1.82, 2.24) is 9.62 Å². The SMILES string of the molecule is COc1ccc(C)cc1S(=O)(=O)N1CC(=O)NC(=O)C1C. The van der Waals surface area contributed by atoms with Crippen LogP contribution in [-0.4, -0.2) is 44.2 Å². The first-order valence-corrected chi connectivity index (χ1v) is 7.71. The number of hydrogen-bond donors (Lipinski definition) is 1. The van der Waals surface area contributed by atoms with Crippen molar-refractivity contribution in [1.29, 1.82) is 0 Å². The molecular formula is C13H16N2O5S. The van der Waals surface area contributed by atoms with Gasteiger partial charge < -0.3 is 4.74 Å². The zero-order chi connectivity index (χ0) is 15.8. The number of ether oxygens (including phenoxy) is 1. The maximum atomic E-state index is 12.7. The number of aryl methyl sites for hydroxylation is 1. The minimum atomic E-state index is -4.02. The topological polar surface area (TPSA) is 92.8 Å². The van der Waals surface area contributed by atoms with E-state index in [2.05, 4.69) is 5.32 Å². The molecule has 0 bridgehead atoms. The molecule has 0 saturated carbocycles. The lowest BCUT2D eigenvalue weighted by atomic mass is 10.2. The van der Waals surface area contributed by atoms with Crippen molar-refractivity contribution in [2.75, 3.05) is 13.7 Å². The Morgan fingerprint density at radius 1 is 1.33 bits per heavy atom. The molecule has 0 radical (unpaired) electrons. The van der Waals surface area contributed by atoms with Crippen molar-refractivity contribution in [3.05, 3.63) is 23.8 Å². The number of nitrogens with zero attached hydrogens (tertiary/aromatic N) is 1. The molecule has 1 N–H and O–H groups in total. The molecule has 7 nitrogen and oxygen atoms in total. The van der Waals surface area contributed by atoms with Crippen molar-refractivity contribution in [3.8, 4) is 5.75 Å². The minimum absolute atomic E-state index is 0.0562. The lowest BCUT2D eigenvalue weighted by Crippen LogP contribution is -2.58. The van der Waals surface area contributed by atoms with Gasteiger partial charge in [0.05, 0.1) is 13.7 Å². The first-order chi connectivity index (χ1) is 9.77. The number of amides is 2. The van der Waals surface area contributed by atoms with Crippen LogP contribution in [0.1, 0.15) is 12.5 Å². The number of carbonyl (C=O) groups excluding carboxylic acids is 2. The van der Waals surface area contributed by atoms with E-state index in [9.17, 15) is 18.0 Å². The van der Waals surface area contributed by atoms with Crippen LogP contribution in [0.15, 0.2) is 23.1 Å². The Bertz CT molecular complexity index is 699. The van der Waals surface area contributed by atoms with Gasteiger partial charge in [-0.1, -0.05) is 6.07 Å². The van der Waals surface area contributed by atoms with E-state index in [1.54, 1.807) is 19.1 Å². The molecule has 0 aliphatic carbocycles. The maximum Gasteiger partial charge on any atom is 0.247 e. The van der Waals surface area contributed by atoms with E-state index in [0.717, 1.165) is 9.87 Å². The number of benzene rings is 1. The highest BCUT2D eigenvalue weighted by molar-refractivity contribution is 7.89. The summed E-state index contributed by atoms with van der Waals surface area (Å²) in [7, 11) is -2.65. The largest absolute Gasteiger partial charge is 0.495 e. The summed E-state index contributed by atoms with van der Waals surface area (Å²) in [5.41, 5.74) is 0.731. The van der Waals surface area contributed by atoms with Crippen LogP contribution >= 0.6 is 0 Å². The van der Waals surface area contributed by atoms with Crippen molar-refractivity contribution in [3.63, 3.8) is 0 Å². The van der Waals surface area contributed by atoms with Gasteiger partial charge in [0.15, 0.2) is 0 Å². The van der Waals surface area contributed by atoms with Gasteiger partial charge in [-0.2, -0.15) is 4.31 Å². The van der Waals surface area contributed by atoms with Gasteiger partial charge in [-0.05, 0) is 31.5 Å². The van der Waals surface area contributed by atoms with Crippen molar-refractivity contribution in [2.45, 2.75) is 24.8 Å². The van der Waals surface area contributed by atoms with E-state index < -0.39 is 34.4 Å². The van der Waals surface area contributed by atoms with Crippen LogP contribution in [0.3, 0.4) is 0 Å². The molecule has 0 spiro atoms. The Hall–Kier alpha value is -1.93. The Morgan fingerprint density at radius 3 is 2.62 bits per heavy atom. The van der Waals surface area contributed by atoms with Gasteiger partial charge in [-0.25, -0.2) is 8.42 Å². The van der Waals surface area contributed by atoms with E-state index in [1.165, 1.54) is 20.1 Å². The number of hydrogen-bond acceptors (Lipinski definition) is 5. The Balaban J connectivity index is 2.53. The van der Waals surface area contributed by atoms with Crippen LogP contribution in [0.4, 0.5) is 0 Å². The van der Waals surface area contributed by atoms with Crippen LogP contribution in [0.2, 0.25) is 0 Å². The molecule has 1 aliphatic heterocycles. The van der Waals surface area contributed by atoms with Crippen molar-refractivity contribution >= 4 is 21.8 Å². The molecule has 1 unspecified atom stereocenters. The summed E-state index contributed by atoms with van der Waals surface area (Å²) in [6.07, 6.45) is 0. The number of rotatable bonds is 3. The lowest BCUT2D eigenvalue weighted by Gasteiger charge is -2.31. The highest BCUT2D eigenvalue weighted by Crippen LogP contribution is 2.29. The van der Waals surface area contributed by atoms with Gasteiger partial charge in [0, 0.05) is 0 Å². The molecule has 1 aromatic rings. The third-order valence-electron chi connectivity index (χ3n) is 3.28. The van der Waals surface area contributed by atoms with E-state index in [0.29, 0.717) is 0 Å². The second kappa shape index (κ2) is 5.45. The van der Waals surface area contributed by atoms with E-state index in [-0.39, 0.29) is 10.6 Å². The average molecular weight is 312 g/mol. The van der Waals surface area contributed by atoms with Crippen LogP contribution in [-0.2, 0) is 19.6 Å². The molecule has 1 atom stereocenters. The number of sulfonamides is 1. The fourth-order valence-electron chi connectivity index (χ4n) is 2.10. The third kappa shape index (κ3) is 2.77.